The van der Waals surface area contributed by atoms with Crippen molar-refractivity contribution in [2.45, 2.75) is 65.1 Å². The SMILES string of the molecule is Cc1nc(COc2ccccc2C(=O)O[C@H](C)C(=O)C23CC4CC(CC(C4)C2)C3)no1. The maximum absolute atomic E-state index is 13.4. The molecular formula is C24H28N2O5. The van der Waals surface area contributed by atoms with E-state index in [9.17, 15) is 9.59 Å². The van der Waals surface area contributed by atoms with Gasteiger partial charge in [-0.3, -0.25) is 4.79 Å². The van der Waals surface area contributed by atoms with Gasteiger partial charge in [-0.25, -0.2) is 4.79 Å². The number of benzene rings is 1. The maximum Gasteiger partial charge on any atom is 0.342 e. The number of esters is 1. The minimum Gasteiger partial charge on any atom is -0.485 e. The van der Waals surface area contributed by atoms with E-state index < -0.39 is 12.1 Å². The first-order valence-electron chi connectivity index (χ1n) is 11.2. The number of ketones is 1. The Morgan fingerprint density at radius 1 is 1.13 bits per heavy atom. The van der Waals surface area contributed by atoms with Crippen molar-refractivity contribution < 1.29 is 23.6 Å². The number of hydrogen-bond donors (Lipinski definition) is 0. The first-order chi connectivity index (χ1) is 14.9. The molecule has 4 fully saturated rings. The number of carbonyl (C=O) groups is 2. The predicted octanol–water partition coefficient (Wildman–Crippen LogP) is 4.29. The Bertz CT molecular complexity index is 962. The van der Waals surface area contributed by atoms with Crippen LogP contribution in [0, 0.1) is 30.1 Å². The minimum absolute atomic E-state index is 0.0728. The lowest BCUT2D eigenvalue weighted by Crippen LogP contribution is -2.52. The van der Waals surface area contributed by atoms with Crippen LogP contribution in [0.4, 0.5) is 0 Å². The Kier molecular flexibility index (Phi) is 5.07. The molecule has 1 atom stereocenters. The van der Waals surface area contributed by atoms with Gasteiger partial charge in [0.2, 0.25) is 11.7 Å². The average Bonchev–Trinajstić information content (AvgIpc) is 3.16. The molecule has 6 rings (SSSR count). The highest BCUT2D eigenvalue weighted by molar-refractivity contribution is 5.96. The van der Waals surface area contributed by atoms with Crippen LogP contribution in [0.5, 0.6) is 5.75 Å². The molecule has 4 aliphatic rings. The second-order valence-corrected chi connectivity index (χ2v) is 9.62. The lowest BCUT2D eigenvalue weighted by Gasteiger charge is -2.56. The molecule has 31 heavy (non-hydrogen) atoms. The monoisotopic (exact) mass is 424 g/mol. The molecule has 7 nitrogen and oxygen atoms in total. The quantitative estimate of drug-likeness (QED) is 0.612. The summed E-state index contributed by atoms with van der Waals surface area (Å²) in [6.45, 7) is 3.48. The lowest BCUT2D eigenvalue weighted by atomic mass is 9.48. The molecule has 0 spiro atoms. The van der Waals surface area contributed by atoms with E-state index in [-0.39, 0.29) is 23.4 Å². The van der Waals surface area contributed by atoms with E-state index in [1.54, 1.807) is 38.1 Å². The summed E-state index contributed by atoms with van der Waals surface area (Å²) < 4.78 is 16.3. The predicted molar refractivity (Wildman–Crippen MR) is 110 cm³/mol. The molecule has 7 heteroatoms. The number of hydrogen-bond acceptors (Lipinski definition) is 7. The Morgan fingerprint density at radius 2 is 1.77 bits per heavy atom. The van der Waals surface area contributed by atoms with E-state index in [4.69, 9.17) is 14.0 Å². The van der Waals surface area contributed by atoms with E-state index >= 15 is 0 Å². The standard InChI is InChI=1S/C24H28N2O5/c1-14(22(27)24-10-16-7-17(11-24)9-18(8-16)12-24)30-23(28)19-5-3-4-6-20(19)29-13-21-25-15(2)31-26-21/h3-6,14,16-18H,7-13H2,1-2H3/t14-,16?,17?,18?,24?/m1/s1. The summed E-state index contributed by atoms with van der Waals surface area (Å²) in [6.07, 6.45) is 5.93. The van der Waals surface area contributed by atoms with Gasteiger partial charge in [-0.05, 0) is 75.3 Å². The fourth-order valence-corrected chi connectivity index (χ4v) is 6.42. The van der Waals surface area contributed by atoms with Gasteiger partial charge >= 0.3 is 5.97 Å². The number of para-hydroxylation sites is 1. The van der Waals surface area contributed by atoms with Gasteiger partial charge in [0.1, 0.15) is 11.3 Å². The Hall–Kier alpha value is -2.70. The van der Waals surface area contributed by atoms with Crippen LogP contribution >= 0.6 is 0 Å². The lowest BCUT2D eigenvalue weighted by molar-refractivity contribution is -0.152. The number of aryl methyl sites for hydroxylation is 1. The summed E-state index contributed by atoms with van der Waals surface area (Å²) >= 11 is 0. The van der Waals surface area contributed by atoms with Crippen LogP contribution in [0.1, 0.15) is 67.5 Å². The summed E-state index contributed by atoms with van der Waals surface area (Å²) in [5.74, 6) is 2.76. The fourth-order valence-electron chi connectivity index (χ4n) is 6.42. The smallest absolute Gasteiger partial charge is 0.342 e. The Morgan fingerprint density at radius 3 is 2.39 bits per heavy atom. The number of carbonyl (C=O) groups excluding carboxylic acids is 2. The molecule has 0 amide bonds. The fraction of sp³-hybridized carbons (Fsp3) is 0.583. The van der Waals surface area contributed by atoms with Crippen LogP contribution in [0.3, 0.4) is 0 Å². The molecule has 2 aromatic rings. The van der Waals surface area contributed by atoms with Crippen LogP contribution in [0.2, 0.25) is 0 Å². The van der Waals surface area contributed by atoms with Gasteiger partial charge in [-0.1, -0.05) is 17.3 Å². The van der Waals surface area contributed by atoms with Crippen molar-refractivity contribution in [3.8, 4) is 5.75 Å². The van der Waals surface area contributed by atoms with Gasteiger partial charge in [0.05, 0.1) is 0 Å². The summed E-state index contributed by atoms with van der Waals surface area (Å²) in [7, 11) is 0. The molecule has 0 N–H and O–H groups in total. The third kappa shape index (κ3) is 3.86. The number of ether oxygens (including phenoxy) is 2. The first kappa shape index (κ1) is 20.2. The summed E-state index contributed by atoms with van der Waals surface area (Å²) in [6, 6.07) is 6.85. The van der Waals surface area contributed by atoms with Crippen LogP contribution in [0.25, 0.3) is 0 Å². The molecule has 4 saturated carbocycles. The number of nitrogens with zero attached hydrogens (tertiary/aromatic N) is 2. The second-order valence-electron chi connectivity index (χ2n) is 9.62. The minimum atomic E-state index is -0.767. The number of rotatable bonds is 7. The zero-order chi connectivity index (χ0) is 21.6. The molecule has 1 aromatic carbocycles. The first-order valence-corrected chi connectivity index (χ1v) is 11.2. The third-order valence-corrected chi connectivity index (χ3v) is 7.25. The van der Waals surface area contributed by atoms with Crippen molar-refractivity contribution in [2.24, 2.45) is 23.2 Å². The zero-order valence-corrected chi connectivity index (χ0v) is 18.0. The van der Waals surface area contributed by atoms with E-state index in [0.29, 0.717) is 35.2 Å². The van der Waals surface area contributed by atoms with Crippen LogP contribution in [-0.2, 0) is 16.1 Å². The van der Waals surface area contributed by atoms with Gasteiger partial charge in [0.15, 0.2) is 18.5 Å². The van der Waals surface area contributed by atoms with Crippen molar-refractivity contribution in [1.29, 1.82) is 0 Å². The van der Waals surface area contributed by atoms with Crippen LogP contribution in [-0.4, -0.2) is 28.0 Å². The number of Topliss-reactive ketones (excluding diaryl/α,β-unsaturated/α-hetero) is 1. The van der Waals surface area contributed by atoms with E-state index in [0.717, 1.165) is 19.3 Å². The molecule has 164 valence electrons. The van der Waals surface area contributed by atoms with Gasteiger partial charge in [-0.15, -0.1) is 0 Å². The normalized spacial score (nSPS) is 29.5. The van der Waals surface area contributed by atoms with Crippen LogP contribution in [0.15, 0.2) is 28.8 Å². The Labute approximate surface area is 181 Å². The molecule has 0 unspecified atom stereocenters. The van der Waals surface area contributed by atoms with Gasteiger partial charge in [-0.2, -0.15) is 4.98 Å². The summed E-state index contributed by atoms with van der Waals surface area (Å²) in [5.41, 5.74) is -0.00566. The van der Waals surface area contributed by atoms with Crippen molar-refractivity contribution in [3.05, 3.63) is 41.5 Å². The highest BCUT2D eigenvalue weighted by Crippen LogP contribution is 2.60. The van der Waals surface area contributed by atoms with Gasteiger partial charge in [0.25, 0.3) is 0 Å². The van der Waals surface area contributed by atoms with Crippen molar-refractivity contribution in [1.82, 2.24) is 10.1 Å². The molecule has 1 heterocycles. The summed E-state index contributed by atoms with van der Waals surface area (Å²) in [4.78, 5) is 30.4. The largest absolute Gasteiger partial charge is 0.485 e. The highest BCUT2D eigenvalue weighted by Gasteiger charge is 2.55. The van der Waals surface area contributed by atoms with Crippen molar-refractivity contribution >= 4 is 11.8 Å². The second kappa shape index (κ2) is 7.77. The van der Waals surface area contributed by atoms with Crippen molar-refractivity contribution in [2.75, 3.05) is 0 Å². The van der Waals surface area contributed by atoms with Crippen LogP contribution < -0.4 is 4.74 Å². The van der Waals surface area contributed by atoms with E-state index in [2.05, 4.69) is 10.1 Å². The molecule has 0 aliphatic heterocycles. The molecular weight excluding hydrogens is 396 g/mol. The summed E-state index contributed by atoms with van der Waals surface area (Å²) in [5, 5.41) is 3.79. The number of aromatic nitrogens is 2. The maximum atomic E-state index is 13.4. The average molecular weight is 424 g/mol. The van der Waals surface area contributed by atoms with Gasteiger partial charge in [0, 0.05) is 12.3 Å². The third-order valence-electron chi connectivity index (χ3n) is 7.25. The topological polar surface area (TPSA) is 91.5 Å². The van der Waals surface area contributed by atoms with Crippen molar-refractivity contribution in [3.63, 3.8) is 0 Å². The molecule has 4 bridgehead atoms. The van der Waals surface area contributed by atoms with E-state index in [1.807, 2.05) is 0 Å². The zero-order valence-electron chi connectivity index (χ0n) is 18.0. The van der Waals surface area contributed by atoms with Gasteiger partial charge < -0.3 is 14.0 Å². The molecule has 0 radical (unpaired) electrons. The van der Waals surface area contributed by atoms with E-state index in [1.165, 1.54) is 19.3 Å². The molecule has 1 aromatic heterocycles. The molecule has 4 aliphatic carbocycles. The highest BCUT2D eigenvalue weighted by atomic mass is 16.5. The molecule has 0 saturated heterocycles. The Balaban J connectivity index is 1.26.